The Balaban J connectivity index is 2.20. The van der Waals surface area contributed by atoms with Crippen LogP contribution in [0, 0.1) is 0 Å². The summed E-state index contributed by atoms with van der Waals surface area (Å²) in [6, 6.07) is 17.1. The lowest BCUT2D eigenvalue weighted by Gasteiger charge is -2.16. The van der Waals surface area contributed by atoms with E-state index in [1.807, 2.05) is 60.7 Å². The summed E-state index contributed by atoms with van der Waals surface area (Å²) in [4.78, 5) is 12.3. The molecule has 1 nitrogen and oxygen atoms in total. The molecule has 0 saturated heterocycles. The molecule has 0 fully saturated rings. The van der Waals surface area contributed by atoms with Crippen molar-refractivity contribution >= 4 is 17.4 Å². The van der Waals surface area contributed by atoms with Crippen LogP contribution in [0.15, 0.2) is 67.3 Å². The second-order valence-corrected chi connectivity index (χ2v) is 5.14. The number of hydrogen-bond acceptors (Lipinski definition) is 1. The normalized spacial score (nSPS) is 11.8. The van der Waals surface area contributed by atoms with Gasteiger partial charge < -0.3 is 0 Å². The van der Waals surface area contributed by atoms with Gasteiger partial charge in [0.05, 0.1) is 0 Å². The molecule has 0 aromatic heterocycles. The zero-order valence-corrected chi connectivity index (χ0v) is 12.0. The number of benzene rings is 2. The van der Waals surface area contributed by atoms with Gasteiger partial charge in [0.1, 0.15) is 0 Å². The van der Waals surface area contributed by atoms with Crippen LogP contribution in [0.3, 0.4) is 0 Å². The van der Waals surface area contributed by atoms with Crippen molar-refractivity contribution in [2.75, 3.05) is 0 Å². The number of Topliss-reactive ketones (excluding diaryl/α,β-unsaturated/α-hetero) is 1. The molecule has 0 saturated carbocycles. The van der Waals surface area contributed by atoms with Crippen LogP contribution in [0.5, 0.6) is 0 Å². The minimum absolute atomic E-state index is 0.0777. The third kappa shape index (κ3) is 3.58. The number of carbonyl (C=O) groups is 1. The van der Waals surface area contributed by atoms with Gasteiger partial charge >= 0.3 is 0 Å². The number of halogens is 1. The fourth-order valence-corrected chi connectivity index (χ4v) is 2.58. The molecule has 2 aromatic rings. The second-order valence-electron chi connectivity index (χ2n) is 4.74. The van der Waals surface area contributed by atoms with E-state index in [9.17, 15) is 4.79 Å². The molecule has 0 aliphatic rings. The maximum absolute atomic E-state index is 12.3. The quantitative estimate of drug-likeness (QED) is 0.521. The Morgan fingerprint density at radius 2 is 1.75 bits per heavy atom. The average molecular weight is 285 g/mol. The average Bonchev–Trinajstić information content (AvgIpc) is 2.48. The van der Waals surface area contributed by atoms with Crippen molar-refractivity contribution in [1.82, 2.24) is 0 Å². The molecule has 20 heavy (non-hydrogen) atoms. The van der Waals surface area contributed by atoms with E-state index in [4.69, 9.17) is 11.6 Å². The highest BCUT2D eigenvalue weighted by Gasteiger charge is 2.18. The van der Waals surface area contributed by atoms with Crippen molar-refractivity contribution in [3.63, 3.8) is 0 Å². The molecule has 0 spiro atoms. The first kappa shape index (κ1) is 14.5. The summed E-state index contributed by atoms with van der Waals surface area (Å²) in [7, 11) is 0. The van der Waals surface area contributed by atoms with Crippen LogP contribution in [-0.2, 0) is 0 Å². The van der Waals surface area contributed by atoms with Gasteiger partial charge in [-0.05, 0) is 24.0 Å². The molecule has 0 heterocycles. The maximum atomic E-state index is 12.3. The zero-order chi connectivity index (χ0) is 14.4. The predicted octanol–water partition coefficient (Wildman–Crippen LogP) is 5.27. The lowest BCUT2D eigenvalue weighted by atomic mass is 9.89. The van der Waals surface area contributed by atoms with Gasteiger partial charge in [-0.25, -0.2) is 0 Å². The highest BCUT2D eigenvalue weighted by Crippen LogP contribution is 2.31. The number of rotatable bonds is 6. The van der Waals surface area contributed by atoms with Crippen LogP contribution in [-0.4, -0.2) is 5.78 Å². The summed E-state index contributed by atoms with van der Waals surface area (Å²) in [5.41, 5.74) is 1.76. The van der Waals surface area contributed by atoms with E-state index in [2.05, 4.69) is 6.58 Å². The Labute approximate surface area is 124 Å². The Bertz CT molecular complexity index is 589. The Morgan fingerprint density at radius 1 is 1.10 bits per heavy atom. The van der Waals surface area contributed by atoms with Gasteiger partial charge in [-0.1, -0.05) is 66.2 Å². The number of allylic oxidation sites excluding steroid dienone is 1. The van der Waals surface area contributed by atoms with Gasteiger partial charge in [-0.2, -0.15) is 0 Å². The molecule has 0 amide bonds. The molecule has 0 radical (unpaired) electrons. The fraction of sp³-hybridized carbons (Fsp3) is 0.167. The SMILES string of the molecule is C=CCC(CC(=O)c1ccccc1)c1ccccc1Cl. The van der Waals surface area contributed by atoms with Gasteiger partial charge in [0.15, 0.2) is 5.78 Å². The minimum atomic E-state index is 0.0777. The Kier molecular flexibility index (Phi) is 5.14. The molecule has 1 atom stereocenters. The predicted molar refractivity (Wildman–Crippen MR) is 84.4 cm³/mol. The van der Waals surface area contributed by atoms with E-state index in [0.717, 1.165) is 17.5 Å². The van der Waals surface area contributed by atoms with Crippen molar-refractivity contribution < 1.29 is 4.79 Å². The van der Waals surface area contributed by atoms with Crippen molar-refractivity contribution in [1.29, 1.82) is 0 Å². The molecular formula is C18H17ClO. The highest BCUT2D eigenvalue weighted by atomic mass is 35.5. The van der Waals surface area contributed by atoms with Crippen molar-refractivity contribution in [2.45, 2.75) is 18.8 Å². The molecular weight excluding hydrogens is 268 g/mol. The minimum Gasteiger partial charge on any atom is -0.294 e. The first-order chi connectivity index (χ1) is 9.72. The first-order valence-corrected chi connectivity index (χ1v) is 7.03. The van der Waals surface area contributed by atoms with Gasteiger partial charge in [0, 0.05) is 17.0 Å². The Hall–Kier alpha value is -1.86. The lowest BCUT2D eigenvalue weighted by molar-refractivity contribution is 0.0974. The molecule has 0 bridgehead atoms. The number of carbonyl (C=O) groups excluding carboxylic acids is 1. The van der Waals surface area contributed by atoms with E-state index in [1.54, 1.807) is 0 Å². The summed E-state index contributed by atoms with van der Waals surface area (Å²) in [6.45, 7) is 3.78. The third-order valence-corrected chi connectivity index (χ3v) is 3.67. The smallest absolute Gasteiger partial charge is 0.163 e. The van der Waals surface area contributed by atoms with Crippen LogP contribution in [0.2, 0.25) is 5.02 Å². The van der Waals surface area contributed by atoms with Gasteiger partial charge in [0.25, 0.3) is 0 Å². The summed E-state index contributed by atoms with van der Waals surface area (Å²) in [5.74, 6) is 0.214. The van der Waals surface area contributed by atoms with E-state index in [-0.39, 0.29) is 11.7 Å². The van der Waals surface area contributed by atoms with E-state index in [1.165, 1.54) is 0 Å². The van der Waals surface area contributed by atoms with Gasteiger partial charge in [-0.3, -0.25) is 4.79 Å². The van der Waals surface area contributed by atoms with Crippen LogP contribution >= 0.6 is 11.6 Å². The maximum Gasteiger partial charge on any atom is 0.163 e. The topological polar surface area (TPSA) is 17.1 Å². The molecule has 2 rings (SSSR count). The molecule has 0 N–H and O–H groups in total. The molecule has 1 unspecified atom stereocenters. The van der Waals surface area contributed by atoms with Crippen LogP contribution in [0.25, 0.3) is 0 Å². The molecule has 102 valence electrons. The summed E-state index contributed by atoms with van der Waals surface area (Å²) in [6.07, 6.45) is 3.02. The first-order valence-electron chi connectivity index (χ1n) is 6.66. The Morgan fingerprint density at radius 3 is 2.40 bits per heavy atom. The van der Waals surface area contributed by atoms with Crippen molar-refractivity contribution in [3.8, 4) is 0 Å². The van der Waals surface area contributed by atoms with Crippen LogP contribution in [0.1, 0.15) is 34.7 Å². The third-order valence-electron chi connectivity index (χ3n) is 3.32. The fourth-order valence-electron chi connectivity index (χ4n) is 2.29. The van der Waals surface area contributed by atoms with E-state index in [0.29, 0.717) is 11.4 Å². The summed E-state index contributed by atoms with van der Waals surface area (Å²) in [5, 5.41) is 0.709. The van der Waals surface area contributed by atoms with Crippen molar-refractivity contribution in [2.24, 2.45) is 0 Å². The second kappa shape index (κ2) is 7.06. The molecule has 0 aliphatic heterocycles. The molecule has 2 heteroatoms. The lowest BCUT2D eigenvalue weighted by Crippen LogP contribution is -2.07. The summed E-state index contributed by atoms with van der Waals surface area (Å²) < 4.78 is 0. The van der Waals surface area contributed by atoms with Crippen LogP contribution in [0.4, 0.5) is 0 Å². The summed E-state index contributed by atoms with van der Waals surface area (Å²) >= 11 is 6.24. The number of hydrogen-bond donors (Lipinski definition) is 0. The van der Waals surface area contributed by atoms with E-state index >= 15 is 0 Å². The zero-order valence-electron chi connectivity index (χ0n) is 11.3. The monoisotopic (exact) mass is 284 g/mol. The number of ketones is 1. The van der Waals surface area contributed by atoms with Crippen LogP contribution < -0.4 is 0 Å². The largest absolute Gasteiger partial charge is 0.294 e. The highest BCUT2D eigenvalue weighted by molar-refractivity contribution is 6.31. The van der Waals surface area contributed by atoms with Gasteiger partial charge in [-0.15, -0.1) is 6.58 Å². The standard InChI is InChI=1S/C18H17ClO/c1-2-8-15(16-11-6-7-12-17(16)19)13-18(20)14-9-4-3-5-10-14/h2-7,9-12,15H,1,8,13H2. The molecule has 2 aromatic carbocycles. The molecule has 0 aliphatic carbocycles. The van der Waals surface area contributed by atoms with Gasteiger partial charge in [0.2, 0.25) is 0 Å². The van der Waals surface area contributed by atoms with Crippen molar-refractivity contribution in [3.05, 3.63) is 83.4 Å². The van der Waals surface area contributed by atoms with E-state index < -0.39 is 0 Å².